The molecule has 2 heterocycles. The summed E-state index contributed by atoms with van der Waals surface area (Å²) in [5.41, 5.74) is 6.45. The first kappa shape index (κ1) is 24.9. The van der Waals surface area contributed by atoms with Gasteiger partial charge in [0.2, 0.25) is 5.91 Å². The molecular weight excluding hydrogens is 500 g/mol. The Labute approximate surface area is 233 Å². The lowest BCUT2D eigenvalue weighted by molar-refractivity contribution is -0.148. The van der Waals surface area contributed by atoms with E-state index in [0.29, 0.717) is 29.5 Å². The van der Waals surface area contributed by atoms with E-state index in [1.165, 1.54) is 9.80 Å². The molecule has 2 aromatic rings. The van der Waals surface area contributed by atoms with E-state index in [1.54, 1.807) is 0 Å². The number of allylic oxidation sites excluding steroid dienone is 4. The average molecular weight is 533 g/mol. The monoisotopic (exact) mass is 532 g/mol. The van der Waals surface area contributed by atoms with Gasteiger partial charge in [0.05, 0.1) is 5.92 Å². The minimum absolute atomic E-state index is 0.123. The van der Waals surface area contributed by atoms with Crippen molar-refractivity contribution < 1.29 is 19.2 Å². The fraction of sp³-hybridized carbons (Fsp3) is 0.353. The van der Waals surface area contributed by atoms with Gasteiger partial charge in [-0.3, -0.25) is 29.0 Å². The van der Waals surface area contributed by atoms with Gasteiger partial charge in [-0.05, 0) is 71.0 Å². The van der Waals surface area contributed by atoms with Crippen molar-refractivity contribution in [2.24, 2.45) is 5.92 Å². The maximum absolute atomic E-state index is 13.8. The number of hydrogen-bond donors (Lipinski definition) is 0. The Morgan fingerprint density at radius 1 is 0.600 bits per heavy atom. The number of carbonyl (C=O) groups excluding carboxylic acids is 4. The van der Waals surface area contributed by atoms with E-state index in [9.17, 15) is 19.2 Å². The van der Waals surface area contributed by atoms with Crippen LogP contribution in [0.3, 0.4) is 0 Å². The third kappa shape index (κ3) is 2.94. The Kier molecular flexibility index (Phi) is 5.44. The summed E-state index contributed by atoms with van der Waals surface area (Å²) in [5.74, 6) is -1.49. The van der Waals surface area contributed by atoms with Crippen LogP contribution in [0.5, 0.6) is 0 Å². The molecule has 0 saturated carbocycles. The summed E-state index contributed by atoms with van der Waals surface area (Å²) in [6.07, 6.45) is 10.8. The Balaban J connectivity index is 1.45. The van der Waals surface area contributed by atoms with Crippen molar-refractivity contribution in [1.82, 2.24) is 9.80 Å². The van der Waals surface area contributed by atoms with Crippen LogP contribution in [0.2, 0.25) is 0 Å². The molecule has 2 unspecified atom stereocenters. The van der Waals surface area contributed by atoms with Gasteiger partial charge in [-0.1, -0.05) is 64.1 Å². The Morgan fingerprint density at radius 3 is 1.77 bits per heavy atom. The van der Waals surface area contributed by atoms with Crippen molar-refractivity contribution in [1.29, 1.82) is 0 Å². The second kappa shape index (κ2) is 8.72. The number of carbonyl (C=O) groups is 4. The van der Waals surface area contributed by atoms with Gasteiger partial charge in [-0.15, -0.1) is 0 Å². The number of benzene rings is 2. The number of nitrogens with zero attached hydrogens (tertiary/aromatic N) is 2. The Hall–Kier alpha value is -4.06. The lowest BCUT2D eigenvalue weighted by Crippen LogP contribution is -2.52. The van der Waals surface area contributed by atoms with Crippen molar-refractivity contribution >= 4 is 40.0 Å². The molecule has 7 rings (SSSR count). The van der Waals surface area contributed by atoms with Gasteiger partial charge in [0.1, 0.15) is 0 Å². The van der Waals surface area contributed by atoms with E-state index in [-0.39, 0.29) is 41.6 Å². The molecule has 2 aromatic carbocycles. The summed E-state index contributed by atoms with van der Waals surface area (Å²) in [5, 5.41) is 1.65. The topological polar surface area (TPSA) is 74.8 Å². The first-order valence-electron chi connectivity index (χ1n) is 14.6. The van der Waals surface area contributed by atoms with Crippen LogP contribution in [0.1, 0.15) is 91.1 Å². The zero-order chi connectivity index (χ0) is 28.0. The van der Waals surface area contributed by atoms with Gasteiger partial charge >= 0.3 is 0 Å². The minimum atomic E-state index is -0.495. The highest BCUT2D eigenvalue weighted by molar-refractivity contribution is 6.28. The summed E-state index contributed by atoms with van der Waals surface area (Å²) < 4.78 is 0. The maximum atomic E-state index is 13.8. The van der Waals surface area contributed by atoms with Gasteiger partial charge in [-0.25, -0.2) is 0 Å². The van der Waals surface area contributed by atoms with Crippen molar-refractivity contribution in [2.45, 2.75) is 71.4 Å². The van der Waals surface area contributed by atoms with Crippen LogP contribution in [0, 0.1) is 5.92 Å². The molecule has 0 saturated heterocycles. The fourth-order valence-corrected chi connectivity index (χ4v) is 7.68. The van der Waals surface area contributed by atoms with Gasteiger partial charge in [-0.2, -0.15) is 0 Å². The molecule has 3 aliphatic carbocycles. The first-order valence-corrected chi connectivity index (χ1v) is 14.6. The van der Waals surface area contributed by atoms with E-state index >= 15 is 0 Å². The van der Waals surface area contributed by atoms with Gasteiger partial charge < -0.3 is 0 Å². The lowest BCUT2D eigenvalue weighted by Gasteiger charge is -2.44. The molecule has 0 fully saturated rings. The van der Waals surface area contributed by atoms with Crippen LogP contribution in [-0.4, -0.2) is 45.5 Å². The molecule has 5 aliphatic rings. The Bertz CT molecular complexity index is 1670. The largest absolute Gasteiger partial charge is 0.275 e. The van der Waals surface area contributed by atoms with Gasteiger partial charge in [0, 0.05) is 40.1 Å². The molecule has 2 aliphatic heterocycles. The van der Waals surface area contributed by atoms with Crippen LogP contribution in [0.15, 0.2) is 65.3 Å². The smallest absolute Gasteiger partial charge is 0.261 e. The molecule has 4 amide bonds. The van der Waals surface area contributed by atoms with Crippen molar-refractivity contribution in [3.63, 3.8) is 0 Å². The highest BCUT2D eigenvalue weighted by atomic mass is 16.2. The Morgan fingerprint density at radius 2 is 1.12 bits per heavy atom. The van der Waals surface area contributed by atoms with E-state index < -0.39 is 5.92 Å². The van der Waals surface area contributed by atoms with Crippen LogP contribution >= 0.6 is 0 Å². The average Bonchev–Trinajstić information content (AvgIpc) is 2.98. The molecule has 0 aromatic heterocycles. The fourth-order valence-electron chi connectivity index (χ4n) is 7.68. The quantitative estimate of drug-likeness (QED) is 0.422. The normalized spacial score (nSPS) is 22.6. The third-order valence-corrected chi connectivity index (χ3v) is 9.69. The highest BCUT2D eigenvalue weighted by Gasteiger charge is 2.48. The number of imide groups is 2. The number of rotatable bonds is 6. The summed E-state index contributed by atoms with van der Waals surface area (Å²) in [7, 11) is 0. The lowest BCUT2D eigenvalue weighted by atomic mass is 9.64. The van der Waals surface area contributed by atoms with Crippen LogP contribution in [-0.2, 0) is 9.59 Å². The first-order chi connectivity index (χ1) is 19.4. The van der Waals surface area contributed by atoms with Crippen molar-refractivity contribution in [3.05, 3.63) is 87.5 Å². The molecule has 40 heavy (non-hydrogen) atoms. The standard InChI is InChI=1S/C34H32N2O4/c1-5-17(6-2)35-31(37)23-13-9-19-21-11-15-25-30-26(34(40)36(33(25)39)18(7-3)8-4)16-12-22(28(21)30)20-10-14-24(32(35)38)29(23)27(19)20/h9-19,24H,5-8H2,1-4H3. The molecule has 0 radical (unpaired) electrons. The molecule has 202 valence electrons. The maximum Gasteiger partial charge on any atom is 0.261 e. The van der Waals surface area contributed by atoms with E-state index in [4.69, 9.17) is 0 Å². The number of hydrogen-bond acceptors (Lipinski definition) is 4. The van der Waals surface area contributed by atoms with Gasteiger partial charge in [0.25, 0.3) is 17.7 Å². The molecule has 2 atom stereocenters. The van der Waals surface area contributed by atoms with Crippen molar-refractivity contribution in [3.8, 4) is 0 Å². The van der Waals surface area contributed by atoms with Crippen LogP contribution in [0.25, 0.3) is 16.3 Å². The SMILES string of the molecule is CCC(CC)N1C(=O)c2ccc3c4c(ccc(c24)C1=O)C1C=CC2=C4C1=C3C=CC4C(=O)N(C(CC)CC)C2=O. The molecule has 0 bridgehead atoms. The summed E-state index contributed by atoms with van der Waals surface area (Å²) in [6.45, 7) is 8.03. The number of fused-ring (bicyclic) bond motifs is 2. The van der Waals surface area contributed by atoms with Gasteiger partial charge in [0.15, 0.2) is 0 Å². The van der Waals surface area contributed by atoms with E-state index in [1.807, 2.05) is 70.2 Å². The van der Waals surface area contributed by atoms with E-state index in [0.717, 1.165) is 51.5 Å². The molecule has 6 nitrogen and oxygen atoms in total. The predicted octanol–water partition coefficient (Wildman–Crippen LogP) is 6.09. The predicted molar refractivity (Wildman–Crippen MR) is 153 cm³/mol. The van der Waals surface area contributed by atoms with Crippen LogP contribution in [0.4, 0.5) is 0 Å². The molecule has 6 heteroatoms. The highest BCUT2D eigenvalue weighted by Crippen LogP contribution is 2.55. The van der Waals surface area contributed by atoms with E-state index in [2.05, 4.69) is 6.08 Å². The summed E-state index contributed by atoms with van der Waals surface area (Å²) in [6, 6.07) is 7.43. The zero-order valence-electron chi connectivity index (χ0n) is 23.3. The minimum Gasteiger partial charge on any atom is -0.275 e. The third-order valence-electron chi connectivity index (χ3n) is 9.69. The second-order valence-corrected chi connectivity index (χ2v) is 11.4. The summed E-state index contributed by atoms with van der Waals surface area (Å²) >= 11 is 0. The van der Waals surface area contributed by atoms with Crippen molar-refractivity contribution in [2.75, 3.05) is 0 Å². The molecule has 0 N–H and O–H groups in total. The molecular formula is C34H32N2O4. The van der Waals surface area contributed by atoms with Crippen LogP contribution < -0.4 is 0 Å². The second-order valence-electron chi connectivity index (χ2n) is 11.4. The number of amides is 4. The summed E-state index contributed by atoms with van der Waals surface area (Å²) in [4.78, 5) is 57.8. The zero-order valence-corrected chi connectivity index (χ0v) is 23.3. The molecule has 0 spiro atoms.